The first-order valence-electron chi connectivity index (χ1n) is 5.42. The number of hydrogen-bond donors (Lipinski definition) is 0. The Morgan fingerprint density at radius 1 is 1.53 bits per heavy atom. The van der Waals surface area contributed by atoms with Crippen LogP contribution in [0.15, 0.2) is 10.7 Å². The summed E-state index contributed by atoms with van der Waals surface area (Å²) in [7, 11) is 1.83. The highest BCUT2D eigenvalue weighted by molar-refractivity contribution is 9.10. The summed E-state index contributed by atoms with van der Waals surface area (Å²) in [5.41, 5.74) is 0.745. The Hall–Kier alpha value is -0.640. The van der Waals surface area contributed by atoms with Gasteiger partial charge in [0.25, 0.3) is 0 Å². The second kappa shape index (κ2) is 3.17. The lowest BCUT2D eigenvalue weighted by Crippen LogP contribution is -2.12. The van der Waals surface area contributed by atoms with E-state index in [1.165, 1.54) is 19.3 Å². The summed E-state index contributed by atoms with van der Waals surface area (Å²) in [6.45, 7) is 0. The van der Waals surface area contributed by atoms with Crippen LogP contribution in [0, 0.1) is 17.8 Å². The Balaban J connectivity index is 1.87. The molecule has 1 aromatic rings. The van der Waals surface area contributed by atoms with E-state index in [-0.39, 0.29) is 5.78 Å². The van der Waals surface area contributed by atoms with E-state index in [0.717, 1.165) is 10.2 Å². The van der Waals surface area contributed by atoms with Crippen molar-refractivity contribution in [3.05, 3.63) is 16.4 Å². The summed E-state index contributed by atoms with van der Waals surface area (Å²) in [6.07, 6.45) is 5.50. The monoisotopic (exact) mass is 268 g/mol. The largest absolute Gasteiger partial charge is 0.292 e. The molecular weight excluding hydrogens is 256 g/mol. The summed E-state index contributed by atoms with van der Waals surface area (Å²) in [6, 6.07) is 0. The summed E-state index contributed by atoms with van der Waals surface area (Å²) >= 11 is 3.39. The van der Waals surface area contributed by atoms with E-state index >= 15 is 0 Å². The second-order valence-corrected chi connectivity index (χ2v) is 5.47. The standard InChI is InChI=1S/C11H13BrN2O/c1-14-10(8(12)5-13-14)11(15)9-6-3-2-4-7(6)9/h5-7,9H,2-4H2,1H3. The zero-order chi connectivity index (χ0) is 10.6. The van der Waals surface area contributed by atoms with Crippen molar-refractivity contribution in [2.75, 3.05) is 0 Å². The smallest absolute Gasteiger partial charge is 0.185 e. The predicted octanol–water partition coefficient (Wildman–Crippen LogP) is 2.41. The van der Waals surface area contributed by atoms with Gasteiger partial charge in [0.05, 0.1) is 10.7 Å². The van der Waals surface area contributed by atoms with E-state index < -0.39 is 0 Å². The first-order chi connectivity index (χ1) is 7.20. The normalized spacial score (nSPS) is 32.8. The Kier molecular flexibility index (Phi) is 2.03. The molecule has 0 radical (unpaired) electrons. The van der Waals surface area contributed by atoms with Crippen molar-refractivity contribution in [1.29, 1.82) is 0 Å². The number of aryl methyl sites for hydroxylation is 1. The van der Waals surface area contributed by atoms with Gasteiger partial charge in [0, 0.05) is 13.0 Å². The van der Waals surface area contributed by atoms with Crippen LogP contribution in [0.1, 0.15) is 29.8 Å². The van der Waals surface area contributed by atoms with Crippen LogP contribution in [0.25, 0.3) is 0 Å². The number of ketones is 1. The quantitative estimate of drug-likeness (QED) is 0.773. The number of nitrogens with zero attached hydrogens (tertiary/aromatic N) is 2. The third-order valence-electron chi connectivity index (χ3n) is 3.84. The molecular formula is C11H13BrN2O. The molecule has 0 saturated heterocycles. The molecule has 3 rings (SSSR count). The predicted molar refractivity (Wildman–Crippen MR) is 59.6 cm³/mol. The lowest BCUT2D eigenvalue weighted by Gasteiger charge is -2.03. The lowest BCUT2D eigenvalue weighted by molar-refractivity contribution is 0.0941. The third kappa shape index (κ3) is 1.30. The maximum atomic E-state index is 12.2. The van der Waals surface area contributed by atoms with Gasteiger partial charge in [0.1, 0.15) is 5.69 Å². The van der Waals surface area contributed by atoms with Crippen LogP contribution in [0.3, 0.4) is 0 Å². The molecule has 0 aromatic carbocycles. The van der Waals surface area contributed by atoms with Crippen LogP contribution in [0.4, 0.5) is 0 Å². The maximum absolute atomic E-state index is 12.2. The van der Waals surface area contributed by atoms with E-state index in [2.05, 4.69) is 21.0 Å². The van der Waals surface area contributed by atoms with Gasteiger partial charge in [0.2, 0.25) is 0 Å². The van der Waals surface area contributed by atoms with Crippen LogP contribution >= 0.6 is 15.9 Å². The Bertz CT molecular complexity index is 397. The van der Waals surface area contributed by atoms with Gasteiger partial charge in [-0.05, 0) is 40.6 Å². The minimum absolute atomic E-state index is 0.288. The Morgan fingerprint density at radius 2 is 2.20 bits per heavy atom. The molecule has 2 unspecified atom stereocenters. The zero-order valence-corrected chi connectivity index (χ0v) is 10.2. The number of carbonyl (C=O) groups excluding carboxylic acids is 1. The van der Waals surface area contributed by atoms with Crippen molar-refractivity contribution in [3.8, 4) is 0 Å². The summed E-state index contributed by atoms with van der Waals surface area (Å²) in [4.78, 5) is 12.2. The molecule has 0 spiro atoms. The van der Waals surface area contributed by atoms with Gasteiger partial charge in [-0.1, -0.05) is 6.42 Å². The zero-order valence-electron chi connectivity index (χ0n) is 8.61. The fourth-order valence-corrected chi connectivity index (χ4v) is 3.60. The molecule has 0 bridgehead atoms. The topological polar surface area (TPSA) is 34.9 Å². The summed E-state index contributed by atoms with van der Waals surface area (Å²) in [5, 5.41) is 4.09. The van der Waals surface area contributed by atoms with Crippen LogP contribution in [0.5, 0.6) is 0 Å². The van der Waals surface area contributed by atoms with Gasteiger partial charge in [-0.15, -0.1) is 0 Å². The fourth-order valence-electron chi connectivity index (χ4n) is 3.06. The van der Waals surface area contributed by atoms with E-state index in [0.29, 0.717) is 17.8 Å². The van der Waals surface area contributed by atoms with Crippen molar-refractivity contribution in [1.82, 2.24) is 9.78 Å². The lowest BCUT2D eigenvalue weighted by atomic mass is 10.1. The van der Waals surface area contributed by atoms with Gasteiger partial charge in [-0.2, -0.15) is 5.10 Å². The molecule has 80 valence electrons. The minimum atomic E-state index is 0.288. The van der Waals surface area contributed by atoms with Crippen molar-refractivity contribution < 1.29 is 4.79 Å². The highest BCUT2D eigenvalue weighted by Gasteiger charge is 2.57. The van der Waals surface area contributed by atoms with Crippen molar-refractivity contribution >= 4 is 21.7 Å². The van der Waals surface area contributed by atoms with Crippen molar-refractivity contribution in [3.63, 3.8) is 0 Å². The summed E-state index contributed by atoms with van der Waals surface area (Å²) < 4.78 is 2.51. The molecule has 2 saturated carbocycles. The number of aromatic nitrogens is 2. The van der Waals surface area contributed by atoms with Gasteiger partial charge in [-0.3, -0.25) is 9.48 Å². The number of fused-ring (bicyclic) bond motifs is 1. The minimum Gasteiger partial charge on any atom is -0.292 e. The average molecular weight is 269 g/mol. The molecule has 2 aliphatic rings. The van der Waals surface area contributed by atoms with Gasteiger partial charge < -0.3 is 0 Å². The number of halogens is 1. The molecule has 2 aliphatic carbocycles. The molecule has 2 fully saturated rings. The molecule has 2 atom stereocenters. The van der Waals surface area contributed by atoms with E-state index in [4.69, 9.17) is 0 Å². The number of hydrogen-bond acceptors (Lipinski definition) is 2. The highest BCUT2D eigenvalue weighted by Crippen LogP contribution is 2.58. The van der Waals surface area contributed by atoms with Crippen LogP contribution in [0.2, 0.25) is 0 Å². The number of Topliss-reactive ketones (excluding diaryl/α,β-unsaturated/α-hetero) is 1. The van der Waals surface area contributed by atoms with E-state index in [9.17, 15) is 4.79 Å². The van der Waals surface area contributed by atoms with Crippen molar-refractivity contribution in [2.24, 2.45) is 24.8 Å². The first kappa shape index (κ1) is 9.58. The summed E-state index contributed by atoms with van der Waals surface area (Å²) in [5.74, 6) is 1.95. The number of carbonyl (C=O) groups is 1. The van der Waals surface area contributed by atoms with Gasteiger partial charge >= 0.3 is 0 Å². The van der Waals surface area contributed by atoms with Crippen LogP contribution in [-0.4, -0.2) is 15.6 Å². The van der Waals surface area contributed by atoms with Crippen LogP contribution < -0.4 is 0 Å². The molecule has 0 aliphatic heterocycles. The third-order valence-corrected chi connectivity index (χ3v) is 4.42. The van der Waals surface area contributed by atoms with Gasteiger partial charge in [-0.25, -0.2) is 0 Å². The molecule has 4 heteroatoms. The van der Waals surface area contributed by atoms with Crippen molar-refractivity contribution in [2.45, 2.75) is 19.3 Å². The molecule has 1 aromatic heterocycles. The highest BCUT2D eigenvalue weighted by atomic mass is 79.9. The molecule has 0 amide bonds. The molecule has 15 heavy (non-hydrogen) atoms. The number of rotatable bonds is 2. The SMILES string of the molecule is Cn1ncc(Br)c1C(=O)C1C2CCCC21. The molecule has 3 nitrogen and oxygen atoms in total. The fraction of sp³-hybridized carbons (Fsp3) is 0.636. The molecule has 1 heterocycles. The molecule has 0 N–H and O–H groups in total. The first-order valence-corrected chi connectivity index (χ1v) is 6.21. The van der Waals surface area contributed by atoms with E-state index in [1.54, 1.807) is 10.9 Å². The van der Waals surface area contributed by atoms with Crippen LogP contribution in [-0.2, 0) is 7.05 Å². The van der Waals surface area contributed by atoms with Gasteiger partial charge in [0.15, 0.2) is 5.78 Å². The Morgan fingerprint density at radius 3 is 2.73 bits per heavy atom. The Labute approximate surface area is 97.0 Å². The average Bonchev–Trinajstić information content (AvgIpc) is 2.58. The maximum Gasteiger partial charge on any atom is 0.185 e. The second-order valence-electron chi connectivity index (χ2n) is 4.61. The van der Waals surface area contributed by atoms with E-state index in [1.807, 2.05) is 7.05 Å².